The maximum absolute atomic E-state index is 13.7. The Morgan fingerprint density at radius 3 is 2.71 bits per heavy atom. The lowest BCUT2D eigenvalue weighted by atomic mass is 10.2. The number of hydrogen-bond donors (Lipinski definition) is 3. The fourth-order valence-electron chi connectivity index (χ4n) is 1.31. The van der Waals surface area contributed by atoms with Crippen molar-refractivity contribution >= 4 is 15.9 Å². The Kier molecular flexibility index (Phi) is 6.30. The smallest absolute Gasteiger partial charge is 0.241 e. The van der Waals surface area contributed by atoms with Gasteiger partial charge in [-0.2, -0.15) is 0 Å². The molecule has 114 valence electrons. The lowest BCUT2D eigenvalue weighted by Gasteiger charge is -2.06. The van der Waals surface area contributed by atoms with Crippen LogP contribution in [0.15, 0.2) is 23.1 Å². The van der Waals surface area contributed by atoms with Gasteiger partial charge in [0.05, 0.1) is 23.6 Å². The molecule has 3 N–H and O–H groups in total. The second-order valence-corrected chi connectivity index (χ2v) is 5.68. The molecule has 1 aromatic carbocycles. The van der Waals surface area contributed by atoms with Crippen LogP contribution in [-0.2, 0) is 14.8 Å². The van der Waals surface area contributed by atoms with Gasteiger partial charge in [0, 0.05) is 13.5 Å². The second kappa shape index (κ2) is 7.73. The summed E-state index contributed by atoms with van der Waals surface area (Å²) in [5.74, 6) is 3.73. The van der Waals surface area contributed by atoms with Crippen molar-refractivity contribution in [1.82, 2.24) is 10.0 Å². The number of carbonyl (C=O) groups excluding carboxylic acids is 1. The fourth-order valence-corrected chi connectivity index (χ4v) is 2.30. The predicted molar refractivity (Wildman–Crippen MR) is 74.2 cm³/mol. The molecule has 0 radical (unpaired) electrons. The van der Waals surface area contributed by atoms with Gasteiger partial charge in [-0.1, -0.05) is 11.8 Å². The monoisotopic (exact) mass is 314 g/mol. The molecule has 0 aliphatic heterocycles. The van der Waals surface area contributed by atoms with Crippen LogP contribution in [0.2, 0.25) is 0 Å². The van der Waals surface area contributed by atoms with Gasteiger partial charge < -0.3 is 10.4 Å². The summed E-state index contributed by atoms with van der Waals surface area (Å²) < 4.78 is 39.5. The summed E-state index contributed by atoms with van der Waals surface area (Å²) in [5.41, 5.74) is 0.0358. The third-order valence-electron chi connectivity index (χ3n) is 2.41. The molecule has 0 saturated heterocycles. The van der Waals surface area contributed by atoms with E-state index in [4.69, 9.17) is 5.11 Å². The Morgan fingerprint density at radius 1 is 1.43 bits per heavy atom. The third-order valence-corrected chi connectivity index (χ3v) is 3.81. The number of aliphatic hydroxyl groups is 1. The van der Waals surface area contributed by atoms with Gasteiger partial charge >= 0.3 is 0 Å². The number of benzene rings is 1. The standard InChI is InChI=1S/C13H15FN2O4S/c1-15-13(18)9-16-21(19,20)11-6-5-10(12(14)8-11)4-2-3-7-17/h5-6,8,16-17H,3,7,9H2,1H3,(H,15,18). The Balaban J connectivity index is 2.93. The van der Waals surface area contributed by atoms with Crippen molar-refractivity contribution in [2.24, 2.45) is 0 Å². The number of amides is 1. The van der Waals surface area contributed by atoms with E-state index in [9.17, 15) is 17.6 Å². The first kappa shape index (κ1) is 17.1. The highest BCUT2D eigenvalue weighted by Crippen LogP contribution is 2.14. The summed E-state index contributed by atoms with van der Waals surface area (Å²) in [6.45, 7) is -0.566. The molecular weight excluding hydrogens is 299 g/mol. The van der Waals surface area contributed by atoms with E-state index in [1.165, 1.54) is 19.2 Å². The average Bonchev–Trinajstić information content (AvgIpc) is 2.46. The molecule has 0 aliphatic rings. The topological polar surface area (TPSA) is 95.5 Å². The Labute approximate surface area is 122 Å². The molecule has 0 aliphatic carbocycles. The van der Waals surface area contributed by atoms with Gasteiger partial charge in [-0.3, -0.25) is 4.79 Å². The minimum Gasteiger partial charge on any atom is -0.395 e. The van der Waals surface area contributed by atoms with E-state index in [2.05, 4.69) is 17.2 Å². The number of rotatable bonds is 5. The van der Waals surface area contributed by atoms with Gasteiger partial charge in [0.1, 0.15) is 5.82 Å². The van der Waals surface area contributed by atoms with E-state index >= 15 is 0 Å². The van der Waals surface area contributed by atoms with Crippen molar-refractivity contribution in [1.29, 1.82) is 0 Å². The summed E-state index contributed by atoms with van der Waals surface area (Å²) in [6.07, 6.45) is 0.202. The largest absolute Gasteiger partial charge is 0.395 e. The first-order valence-electron chi connectivity index (χ1n) is 6.00. The Morgan fingerprint density at radius 2 is 2.14 bits per heavy atom. The van der Waals surface area contributed by atoms with Crippen molar-refractivity contribution in [2.45, 2.75) is 11.3 Å². The van der Waals surface area contributed by atoms with Crippen LogP contribution in [0.5, 0.6) is 0 Å². The fraction of sp³-hybridized carbons (Fsp3) is 0.308. The molecule has 1 rings (SSSR count). The highest BCUT2D eigenvalue weighted by molar-refractivity contribution is 7.89. The summed E-state index contributed by atoms with van der Waals surface area (Å²) in [6, 6.07) is 3.25. The third kappa shape index (κ3) is 5.15. The quantitative estimate of drug-likeness (QED) is 0.644. The predicted octanol–water partition coefficient (Wildman–Crippen LogP) is -0.416. The van der Waals surface area contributed by atoms with Crippen LogP contribution in [0.4, 0.5) is 4.39 Å². The molecule has 1 aromatic rings. The SMILES string of the molecule is CNC(=O)CNS(=O)(=O)c1ccc(C#CCCO)c(F)c1. The van der Waals surface area contributed by atoms with Crippen LogP contribution in [0.3, 0.4) is 0 Å². The van der Waals surface area contributed by atoms with Crippen molar-refractivity contribution in [3.8, 4) is 11.8 Å². The normalized spacial score (nSPS) is 10.6. The summed E-state index contributed by atoms with van der Waals surface area (Å²) >= 11 is 0. The van der Waals surface area contributed by atoms with Gasteiger partial charge in [-0.05, 0) is 18.2 Å². The first-order chi connectivity index (χ1) is 9.90. The molecule has 8 heteroatoms. The van der Waals surface area contributed by atoms with E-state index in [0.29, 0.717) is 0 Å². The number of nitrogens with one attached hydrogen (secondary N) is 2. The molecule has 0 spiro atoms. The van der Waals surface area contributed by atoms with Gasteiger partial charge in [0.15, 0.2) is 0 Å². The second-order valence-electron chi connectivity index (χ2n) is 3.91. The Bertz CT molecular complexity index is 677. The van der Waals surface area contributed by atoms with Gasteiger partial charge in [0.2, 0.25) is 15.9 Å². The van der Waals surface area contributed by atoms with E-state index < -0.39 is 28.3 Å². The maximum Gasteiger partial charge on any atom is 0.241 e. The average molecular weight is 314 g/mol. The zero-order valence-electron chi connectivity index (χ0n) is 11.3. The lowest BCUT2D eigenvalue weighted by Crippen LogP contribution is -2.35. The molecule has 6 nitrogen and oxygen atoms in total. The van der Waals surface area contributed by atoms with Crippen LogP contribution >= 0.6 is 0 Å². The van der Waals surface area contributed by atoms with E-state index in [1.54, 1.807) is 0 Å². The molecule has 0 heterocycles. The van der Waals surface area contributed by atoms with Crippen LogP contribution in [0, 0.1) is 17.7 Å². The zero-order valence-corrected chi connectivity index (χ0v) is 12.1. The van der Waals surface area contributed by atoms with Crippen molar-refractivity contribution in [2.75, 3.05) is 20.2 Å². The number of likely N-dealkylation sites (N-methyl/N-ethyl adjacent to an activating group) is 1. The van der Waals surface area contributed by atoms with Crippen molar-refractivity contribution in [3.05, 3.63) is 29.6 Å². The molecular formula is C13H15FN2O4S. The van der Waals surface area contributed by atoms with Crippen LogP contribution < -0.4 is 10.0 Å². The molecule has 0 fully saturated rings. The minimum absolute atomic E-state index is 0.0358. The van der Waals surface area contributed by atoms with E-state index in [0.717, 1.165) is 6.07 Å². The summed E-state index contributed by atoms with van der Waals surface area (Å²) in [7, 11) is -2.60. The molecule has 0 bridgehead atoms. The molecule has 1 amide bonds. The molecule has 21 heavy (non-hydrogen) atoms. The number of halogens is 1. The van der Waals surface area contributed by atoms with Crippen LogP contribution in [-0.4, -0.2) is 39.6 Å². The number of hydrogen-bond acceptors (Lipinski definition) is 4. The van der Waals surface area contributed by atoms with Gasteiger partial charge in [0.25, 0.3) is 0 Å². The zero-order chi connectivity index (χ0) is 15.9. The van der Waals surface area contributed by atoms with E-state index in [1.807, 2.05) is 4.72 Å². The number of aliphatic hydroxyl groups excluding tert-OH is 1. The van der Waals surface area contributed by atoms with E-state index in [-0.39, 0.29) is 23.5 Å². The lowest BCUT2D eigenvalue weighted by molar-refractivity contribution is -0.119. The highest BCUT2D eigenvalue weighted by Gasteiger charge is 2.16. The number of sulfonamides is 1. The van der Waals surface area contributed by atoms with Gasteiger partial charge in [-0.25, -0.2) is 17.5 Å². The molecule has 0 unspecified atom stereocenters. The van der Waals surface area contributed by atoms with Crippen molar-refractivity contribution in [3.63, 3.8) is 0 Å². The first-order valence-corrected chi connectivity index (χ1v) is 7.48. The maximum atomic E-state index is 13.7. The number of carbonyl (C=O) groups is 1. The Hall–Kier alpha value is -1.95. The van der Waals surface area contributed by atoms with Gasteiger partial charge in [-0.15, -0.1) is 0 Å². The molecule has 0 saturated carbocycles. The summed E-state index contributed by atoms with van der Waals surface area (Å²) in [5, 5.41) is 10.8. The minimum atomic E-state index is -3.97. The summed E-state index contributed by atoms with van der Waals surface area (Å²) in [4.78, 5) is 10.7. The van der Waals surface area contributed by atoms with Crippen LogP contribution in [0.25, 0.3) is 0 Å². The van der Waals surface area contributed by atoms with Crippen LogP contribution in [0.1, 0.15) is 12.0 Å². The molecule has 0 aromatic heterocycles. The highest BCUT2D eigenvalue weighted by atomic mass is 32.2. The molecule has 0 atom stereocenters. The van der Waals surface area contributed by atoms with Crippen molar-refractivity contribution < 1.29 is 22.7 Å².